The van der Waals surface area contributed by atoms with Gasteiger partial charge in [0.2, 0.25) is 41.6 Å². The van der Waals surface area contributed by atoms with Crippen molar-refractivity contribution in [1.29, 1.82) is 0 Å². The van der Waals surface area contributed by atoms with E-state index in [1.807, 2.05) is 4.72 Å². The number of benzene rings is 7. The Hall–Kier alpha value is -11.1. The van der Waals surface area contributed by atoms with Crippen LogP contribution in [0.5, 0.6) is 51.7 Å². The summed E-state index contributed by atoms with van der Waals surface area (Å²) in [5.41, 5.74) is -2.51. The van der Waals surface area contributed by atoms with Crippen LogP contribution >= 0.6 is 23.2 Å². The molecule has 14 N–H and O–H groups in total. The minimum absolute atomic E-state index is 0.0111. The van der Waals surface area contributed by atoms with E-state index in [-0.39, 0.29) is 87.1 Å². The van der Waals surface area contributed by atoms with Crippen LogP contribution < -0.4 is 44.9 Å². The quantitative estimate of drug-likeness (QED) is 0.0236. The molecule has 15 bridgehead atoms. The first-order valence-corrected chi connectivity index (χ1v) is 46.4. The number of carbonyl (C=O) groups is 9. The predicted molar refractivity (Wildman–Crippen MR) is 465 cm³/mol. The predicted octanol–water partition coefficient (Wildman–Crippen LogP) is 8.55. The van der Waals surface area contributed by atoms with Gasteiger partial charge in [0.05, 0.1) is 38.3 Å². The highest BCUT2D eigenvalue weighted by Crippen LogP contribution is 2.59. The van der Waals surface area contributed by atoms with Gasteiger partial charge in [-0.3, -0.25) is 47.4 Å². The van der Waals surface area contributed by atoms with Crippen LogP contribution in [0.1, 0.15) is 162 Å². The smallest absolute Gasteiger partial charge is 0.410 e. The number of carbonyl (C=O) groups excluding carboxylic acids is 9. The third-order valence-electron chi connectivity index (χ3n) is 25.0. The molecular weight excluding hydrogens is 1790 g/mol. The second-order valence-electron chi connectivity index (χ2n) is 35.9. The van der Waals surface area contributed by atoms with Crippen molar-refractivity contribution in [3.05, 3.63) is 171 Å². The molecule has 5 fully saturated rings. The van der Waals surface area contributed by atoms with Crippen molar-refractivity contribution in [1.82, 2.24) is 30.9 Å². The summed E-state index contributed by atoms with van der Waals surface area (Å²) < 4.78 is 98.6. The highest BCUT2D eigenvalue weighted by Gasteiger charge is 2.52. The zero-order valence-corrected chi connectivity index (χ0v) is 75.2. The Morgan fingerprint density at radius 1 is 0.634 bits per heavy atom. The van der Waals surface area contributed by atoms with E-state index in [0.29, 0.717) is 11.8 Å². The number of phenolic OH excluding ortho intramolecular Hbond substituents is 3. The average Bonchev–Trinajstić information content (AvgIpc) is 0.753. The number of ketones is 3. The number of Topliss-reactive ketones (excluding diaryl/α,β-unsaturated/α-hetero) is 3. The summed E-state index contributed by atoms with van der Waals surface area (Å²) in [7, 11) is -8.04. The van der Waals surface area contributed by atoms with Gasteiger partial charge in [-0.05, 0) is 221 Å². The summed E-state index contributed by atoms with van der Waals surface area (Å²) in [4.78, 5) is 141. The second kappa shape index (κ2) is 39.0. The topological polar surface area (TPSA) is 532 Å². The van der Waals surface area contributed by atoms with E-state index < -0.39 is 263 Å². The number of sulfonamides is 1. The molecule has 0 spiro atoms. The second-order valence-corrected chi connectivity index (χ2v) is 40.0. The van der Waals surface area contributed by atoms with Crippen molar-refractivity contribution in [3.63, 3.8) is 0 Å². The fraction of sp³-hybridized carbons (Fsp3) is 0.446. The van der Waals surface area contributed by atoms with E-state index in [2.05, 4.69) is 21.3 Å². The summed E-state index contributed by atoms with van der Waals surface area (Å²) >= 11 is 14.4. The SMILES string of the molecule is Cc1ccc(S(=O)(=O)OCCOc2ccc(S(=O)(=O)NC(=O)C[C@@H]3CC(=O)[C@H](NC(=O)[C@@H](CC(C)C)N(C)C(=O)OC(C)(C)C)[C@H](O)c4ccc(c(Cl)c4)Oc4cc5cc(c4O[C@@H]4O[C@H](CO)[C@@H](O)[C@H](O)[C@H]4O)Oc4ccc(cc4Cl)[C@@H](O)[C@@H]4NC(=O)[C@H](CC(=O)[C@@H]5NC3=O)c3ccc(O)c(c3)-c3c(O)cc(O)cc3[C@@H](C(=O)CC3C5CC6CC(C5)CC3C6)NC4=O)cc2)cc1. The molecule has 17 rings (SSSR count). The minimum atomic E-state index is -5.06. The molecular formula is C92H102Cl2N6O29S2. The molecule has 6 amide bonds. The van der Waals surface area contributed by atoms with Gasteiger partial charge in [-0.15, -0.1) is 0 Å². The maximum absolute atomic E-state index is 16.7. The summed E-state index contributed by atoms with van der Waals surface area (Å²) in [6.07, 6.45) is -15.1. The van der Waals surface area contributed by atoms with Gasteiger partial charge in [0.1, 0.15) is 120 Å². The largest absolute Gasteiger partial charge is 0.508 e. The van der Waals surface area contributed by atoms with Gasteiger partial charge >= 0.3 is 6.09 Å². The lowest BCUT2D eigenvalue weighted by atomic mass is 9.51. The molecule has 700 valence electrons. The first kappa shape index (κ1) is 96.0. The maximum atomic E-state index is 16.7. The van der Waals surface area contributed by atoms with E-state index in [4.69, 9.17) is 55.8 Å². The van der Waals surface area contributed by atoms with E-state index in [9.17, 15) is 72.4 Å². The van der Waals surface area contributed by atoms with Gasteiger partial charge in [-0.2, -0.15) is 8.42 Å². The Morgan fingerprint density at radius 3 is 1.85 bits per heavy atom. The summed E-state index contributed by atoms with van der Waals surface area (Å²) in [5.74, 6) is -18.3. The standard InChI is InChI=1S/C92H102Cl2N6O29S2/c1-42(2)24-63(100(7)91(118)129-92(4,5)6)88(116)97-78-66(105)33-52(36-74(108)99-130(119,120)55-17-13-54(14-18-55)123-22-23-124-131(121,122)56-15-8-43(3)9-16-56)86(114)95-76-51-34-71(125-69-20-11-47(80(78)109)31-61(69)93)85(128-90-84(113)83(112)82(111)73(41-101)127-90)72(35-51)126-70-21-12-48(32-62(70)94)81(110)79-89(117)96-77(68(107)39-57-49-26-44-25-45(28-49)29-50(57)27-44)60-37-53(102)38-65(104)75(60)59-30-46(10-19-64(59)103)58(40-67(76)106)87(115)98-79/h8-21,30-32,34-35,37-38,42,44-45,49-50,52,57-58,63,73,76-84,90,101-104,109-113H,22-29,33,36,39-41H2,1-7H3,(H,95,114)(H,96,117)(H,97,116)(H,98,115)(H,99,108)/t44?,45?,49?,50?,52-,57?,58+,63+,73+,76+,77-,78-,79-,80+,81+,82+,83-,84+,90-/m0/s1. The Kier molecular flexibility index (Phi) is 28.6. The maximum Gasteiger partial charge on any atom is 0.410 e. The zero-order chi connectivity index (χ0) is 94.5. The van der Waals surface area contributed by atoms with Crippen molar-refractivity contribution in [2.75, 3.05) is 26.9 Å². The fourth-order valence-corrected chi connectivity index (χ4v) is 20.9. The molecule has 7 aromatic carbocycles. The molecule has 10 aliphatic rings. The van der Waals surface area contributed by atoms with Crippen LogP contribution in [0.4, 0.5) is 4.79 Å². The summed E-state index contributed by atoms with van der Waals surface area (Å²) in [6, 6.07) is 14.2. The van der Waals surface area contributed by atoms with Crippen LogP contribution in [0.2, 0.25) is 10.0 Å². The van der Waals surface area contributed by atoms with Crippen molar-refractivity contribution in [3.8, 4) is 62.9 Å². The number of aliphatic hydroxyl groups is 6. The molecule has 0 radical (unpaired) electrons. The number of aryl methyl sites for hydroxylation is 1. The van der Waals surface area contributed by atoms with Gasteiger partial charge in [-0.25, -0.2) is 17.9 Å². The molecule has 0 aromatic heterocycles. The number of aliphatic hydroxyl groups excluding tert-OH is 6. The normalized spacial score (nSPS) is 26.4. The van der Waals surface area contributed by atoms with E-state index >= 15 is 33.6 Å². The fourth-order valence-electron chi connectivity index (χ4n) is 18.6. The number of nitrogens with one attached hydrogen (secondary N) is 5. The number of fused-ring (bicyclic) bond motifs is 15. The summed E-state index contributed by atoms with van der Waals surface area (Å²) in [5, 5.41) is 116. The van der Waals surface area contributed by atoms with Crippen LogP contribution in [0.15, 0.2) is 137 Å². The van der Waals surface area contributed by atoms with Crippen molar-refractivity contribution in [2.24, 2.45) is 41.4 Å². The van der Waals surface area contributed by atoms with Gasteiger partial charge < -0.3 is 95.6 Å². The Labute approximate surface area is 763 Å². The third kappa shape index (κ3) is 21.4. The Bertz CT molecular complexity index is 5810. The average molecular weight is 1890 g/mol. The molecule has 35 nitrogen and oxygen atoms in total. The van der Waals surface area contributed by atoms with Crippen molar-refractivity contribution < 1.29 is 139 Å². The van der Waals surface area contributed by atoms with Gasteiger partial charge in [0, 0.05) is 49.9 Å². The molecule has 39 heteroatoms. The van der Waals surface area contributed by atoms with Gasteiger partial charge in [0.25, 0.3) is 20.1 Å². The highest BCUT2D eigenvalue weighted by molar-refractivity contribution is 7.90. The number of phenols is 3. The highest BCUT2D eigenvalue weighted by atomic mass is 35.5. The number of hydrogen-bond donors (Lipinski definition) is 14. The third-order valence-corrected chi connectivity index (χ3v) is 28.3. The number of halogens is 2. The minimum Gasteiger partial charge on any atom is -0.508 e. The molecule has 6 aliphatic heterocycles. The lowest BCUT2D eigenvalue weighted by molar-refractivity contribution is -0.277. The number of aromatic hydroxyl groups is 3. The van der Waals surface area contributed by atoms with Crippen LogP contribution in [0, 0.1) is 48.3 Å². The van der Waals surface area contributed by atoms with Crippen LogP contribution in [0.3, 0.4) is 0 Å². The van der Waals surface area contributed by atoms with Crippen LogP contribution in [-0.4, -0.2) is 202 Å². The van der Waals surface area contributed by atoms with Gasteiger partial charge in [0.15, 0.2) is 28.8 Å². The van der Waals surface area contributed by atoms with Crippen molar-refractivity contribution >= 4 is 96.3 Å². The van der Waals surface area contributed by atoms with E-state index in [1.54, 1.807) is 53.7 Å². The summed E-state index contributed by atoms with van der Waals surface area (Å²) in [6.45, 7) is 8.04. The van der Waals surface area contributed by atoms with Crippen LogP contribution in [-0.2, 0) is 72.2 Å². The lowest BCUT2D eigenvalue weighted by Crippen LogP contribution is -2.60. The van der Waals surface area contributed by atoms with Gasteiger partial charge in [-0.1, -0.05) is 72.9 Å². The molecule has 14 atom stereocenters. The zero-order valence-electron chi connectivity index (χ0n) is 72.1. The molecule has 0 unspecified atom stereocenters. The van der Waals surface area contributed by atoms with E-state index in [1.165, 1.54) is 37.4 Å². The number of likely N-dealkylation sites (N-methyl/N-ethyl adjacent to an activating group) is 1. The molecule has 7 aromatic rings. The van der Waals surface area contributed by atoms with Crippen molar-refractivity contribution in [2.45, 2.75) is 200 Å². The number of amides is 6. The molecule has 4 aliphatic carbocycles. The molecule has 1 saturated heterocycles. The number of hydrogen-bond acceptors (Lipinski definition) is 29. The molecule has 4 saturated carbocycles. The van der Waals surface area contributed by atoms with E-state index in [0.717, 1.165) is 127 Å². The Balaban J connectivity index is 0.917. The molecule has 6 heterocycles. The Morgan fingerprint density at radius 2 is 1.24 bits per heavy atom. The monoisotopic (exact) mass is 1890 g/mol. The first-order chi connectivity index (χ1) is 61.9. The number of nitrogens with zero attached hydrogens (tertiary/aromatic N) is 1. The first-order valence-electron chi connectivity index (χ1n) is 42.7. The number of rotatable bonds is 21. The van der Waals surface area contributed by atoms with Crippen LogP contribution in [0.25, 0.3) is 11.1 Å². The molecule has 131 heavy (non-hydrogen) atoms. The lowest BCUT2D eigenvalue weighted by Gasteiger charge is -2.54. The number of ether oxygens (including phenoxy) is 6.